The average molecular weight is 266 g/mol. The molecule has 0 radical (unpaired) electrons. The maximum absolute atomic E-state index is 13.8. The Morgan fingerprint density at radius 3 is 2.84 bits per heavy atom. The lowest BCUT2D eigenvalue weighted by Gasteiger charge is -2.37. The summed E-state index contributed by atoms with van der Waals surface area (Å²) in [6, 6.07) is 6.59. The fourth-order valence-electron chi connectivity index (χ4n) is 2.69. The van der Waals surface area contributed by atoms with Crippen molar-refractivity contribution < 1.29 is 14.3 Å². The number of hydrogen-bond donors (Lipinski definition) is 2. The molecule has 104 valence electrons. The molecule has 19 heavy (non-hydrogen) atoms. The lowest BCUT2D eigenvalue weighted by molar-refractivity contribution is -0.137. The predicted octanol–water partition coefficient (Wildman–Crippen LogP) is 1.84. The highest BCUT2D eigenvalue weighted by Crippen LogP contribution is 2.27. The van der Waals surface area contributed by atoms with Crippen molar-refractivity contribution in [3.8, 4) is 0 Å². The SMILES string of the molecule is NC1CC(CCC(=O)O)CN(c2ccccc2F)C1. The summed E-state index contributed by atoms with van der Waals surface area (Å²) in [6.45, 7) is 1.28. The molecule has 0 spiro atoms. The second-order valence-corrected chi connectivity index (χ2v) is 5.15. The van der Waals surface area contributed by atoms with E-state index in [1.54, 1.807) is 18.2 Å². The molecule has 2 unspecified atom stereocenters. The van der Waals surface area contributed by atoms with Crippen LogP contribution in [0.1, 0.15) is 19.3 Å². The molecule has 1 aliphatic rings. The van der Waals surface area contributed by atoms with E-state index in [2.05, 4.69) is 0 Å². The van der Waals surface area contributed by atoms with Crippen LogP contribution in [0.4, 0.5) is 10.1 Å². The Hall–Kier alpha value is -1.62. The summed E-state index contributed by atoms with van der Waals surface area (Å²) in [7, 11) is 0. The highest BCUT2D eigenvalue weighted by Gasteiger charge is 2.26. The number of benzene rings is 1. The van der Waals surface area contributed by atoms with E-state index in [0.29, 0.717) is 25.2 Å². The number of hydrogen-bond acceptors (Lipinski definition) is 3. The number of rotatable bonds is 4. The van der Waals surface area contributed by atoms with Gasteiger partial charge in [-0.2, -0.15) is 0 Å². The number of anilines is 1. The fourth-order valence-corrected chi connectivity index (χ4v) is 2.69. The number of carbonyl (C=O) groups is 1. The molecule has 4 nitrogen and oxygen atoms in total. The first-order chi connectivity index (χ1) is 9.06. The predicted molar refractivity (Wildman–Crippen MR) is 71.6 cm³/mol. The molecule has 2 rings (SSSR count). The van der Waals surface area contributed by atoms with Gasteiger partial charge in [0.05, 0.1) is 5.69 Å². The van der Waals surface area contributed by atoms with E-state index in [4.69, 9.17) is 10.8 Å². The van der Waals surface area contributed by atoms with Crippen molar-refractivity contribution in [3.05, 3.63) is 30.1 Å². The van der Waals surface area contributed by atoms with E-state index >= 15 is 0 Å². The first kappa shape index (κ1) is 13.8. The first-order valence-corrected chi connectivity index (χ1v) is 6.53. The zero-order valence-corrected chi connectivity index (χ0v) is 10.8. The number of para-hydroxylation sites is 1. The van der Waals surface area contributed by atoms with Crippen LogP contribution in [0.3, 0.4) is 0 Å². The van der Waals surface area contributed by atoms with Crippen molar-refractivity contribution in [2.45, 2.75) is 25.3 Å². The molecule has 0 bridgehead atoms. The van der Waals surface area contributed by atoms with Crippen molar-refractivity contribution in [1.82, 2.24) is 0 Å². The number of nitrogens with two attached hydrogens (primary N) is 1. The molecule has 1 fully saturated rings. The Bertz CT molecular complexity index is 453. The maximum atomic E-state index is 13.8. The summed E-state index contributed by atoms with van der Waals surface area (Å²) in [4.78, 5) is 12.6. The van der Waals surface area contributed by atoms with Crippen molar-refractivity contribution in [2.24, 2.45) is 11.7 Å². The van der Waals surface area contributed by atoms with Crippen LogP contribution in [-0.2, 0) is 4.79 Å². The summed E-state index contributed by atoms with van der Waals surface area (Å²) >= 11 is 0. The van der Waals surface area contributed by atoms with Crippen LogP contribution in [0, 0.1) is 11.7 Å². The van der Waals surface area contributed by atoms with Gasteiger partial charge in [-0.25, -0.2) is 4.39 Å². The lowest BCUT2D eigenvalue weighted by atomic mass is 9.90. The normalized spacial score (nSPS) is 23.4. The second kappa shape index (κ2) is 6.02. The fraction of sp³-hybridized carbons (Fsp3) is 0.500. The summed E-state index contributed by atoms with van der Waals surface area (Å²) in [5, 5.41) is 8.73. The Balaban J connectivity index is 2.05. The van der Waals surface area contributed by atoms with Crippen LogP contribution in [0.15, 0.2) is 24.3 Å². The summed E-state index contributed by atoms with van der Waals surface area (Å²) < 4.78 is 13.8. The van der Waals surface area contributed by atoms with Gasteiger partial charge in [0.2, 0.25) is 0 Å². The van der Waals surface area contributed by atoms with Crippen LogP contribution in [0.5, 0.6) is 0 Å². The highest BCUT2D eigenvalue weighted by atomic mass is 19.1. The molecule has 3 N–H and O–H groups in total. The quantitative estimate of drug-likeness (QED) is 0.872. The van der Waals surface area contributed by atoms with E-state index in [9.17, 15) is 9.18 Å². The second-order valence-electron chi connectivity index (χ2n) is 5.15. The Morgan fingerprint density at radius 2 is 2.16 bits per heavy atom. The minimum absolute atomic E-state index is 0.0350. The Labute approximate surface area is 112 Å². The van der Waals surface area contributed by atoms with Gasteiger partial charge < -0.3 is 15.7 Å². The lowest BCUT2D eigenvalue weighted by Crippen LogP contribution is -2.47. The monoisotopic (exact) mass is 266 g/mol. The van der Waals surface area contributed by atoms with Crippen LogP contribution < -0.4 is 10.6 Å². The third-order valence-corrected chi connectivity index (χ3v) is 3.53. The van der Waals surface area contributed by atoms with Crippen molar-refractivity contribution in [2.75, 3.05) is 18.0 Å². The van der Waals surface area contributed by atoms with E-state index < -0.39 is 5.97 Å². The molecule has 0 saturated carbocycles. The van der Waals surface area contributed by atoms with Crippen LogP contribution in [0.2, 0.25) is 0 Å². The molecule has 2 atom stereocenters. The molecule has 0 aliphatic carbocycles. The van der Waals surface area contributed by atoms with Crippen LogP contribution in [0.25, 0.3) is 0 Å². The van der Waals surface area contributed by atoms with Gasteiger partial charge in [0, 0.05) is 25.6 Å². The van der Waals surface area contributed by atoms with Gasteiger partial charge in [-0.1, -0.05) is 12.1 Å². The van der Waals surface area contributed by atoms with Crippen molar-refractivity contribution in [3.63, 3.8) is 0 Å². The smallest absolute Gasteiger partial charge is 0.303 e. The third kappa shape index (κ3) is 3.67. The molecule has 5 heteroatoms. The van der Waals surface area contributed by atoms with Gasteiger partial charge in [0.25, 0.3) is 0 Å². The molecule has 1 aliphatic heterocycles. The topological polar surface area (TPSA) is 66.6 Å². The summed E-state index contributed by atoms with van der Waals surface area (Å²) in [5.41, 5.74) is 6.55. The highest BCUT2D eigenvalue weighted by molar-refractivity contribution is 5.66. The van der Waals surface area contributed by atoms with Gasteiger partial charge in [-0.15, -0.1) is 0 Å². The number of carboxylic acid groups (broad SMARTS) is 1. The van der Waals surface area contributed by atoms with E-state index in [1.165, 1.54) is 6.07 Å². The molecule has 1 heterocycles. The zero-order chi connectivity index (χ0) is 13.8. The summed E-state index contributed by atoms with van der Waals surface area (Å²) in [6.07, 6.45) is 1.54. The number of aliphatic carboxylic acids is 1. The van der Waals surface area contributed by atoms with Crippen LogP contribution in [-0.4, -0.2) is 30.2 Å². The average Bonchev–Trinajstić information content (AvgIpc) is 2.36. The molecular formula is C14H19FN2O2. The molecule has 1 aromatic carbocycles. The van der Waals surface area contributed by atoms with Gasteiger partial charge in [0.1, 0.15) is 5.82 Å². The molecular weight excluding hydrogens is 247 g/mol. The first-order valence-electron chi connectivity index (χ1n) is 6.53. The van der Waals surface area contributed by atoms with Gasteiger partial charge in [-0.05, 0) is 30.9 Å². The largest absolute Gasteiger partial charge is 0.481 e. The minimum atomic E-state index is -0.795. The van der Waals surface area contributed by atoms with Crippen molar-refractivity contribution in [1.29, 1.82) is 0 Å². The number of carboxylic acids is 1. The molecule has 1 aromatic rings. The van der Waals surface area contributed by atoms with Crippen molar-refractivity contribution >= 4 is 11.7 Å². The van der Waals surface area contributed by atoms with E-state index in [-0.39, 0.29) is 24.2 Å². The standard InChI is InChI=1S/C14H19FN2O2/c15-12-3-1-2-4-13(12)17-8-10(5-6-14(18)19)7-11(16)9-17/h1-4,10-11H,5-9,16H2,(H,18,19). The maximum Gasteiger partial charge on any atom is 0.303 e. The zero-order valence-electron chi connectivity index (χ0n) is 10.8. The van der Waals surface area contributed by atoms with E-state index in [0.717, 1.165) is 6.42 Å². The number of nitrogens with zero attached hydrogens (tertiary/aromatic N) is 1. The summed E-state index contributed by atoms with van der Waals surface area (Å²) in [5.74, 6) is -0.843. The van der Waals surface area contributed by atoms with Crippen LogP contribution >= 0.6 is 0 Å². The minimum Gasteiger partial charge on any atom is -0.481 e. The Kier molecular flexibility index (Phi) is 4.37. The molecule has 1 saturated heterocycles. The van der Waals surface area contributed by atoms with Gasteiger partial charge in [-0.3, -0.25) is 4.79 Å². The molecule has 0 amide bonds. The van der Waals surface area contributed by atoms with Gasteiger partial charge >= 0.3 is 5.97 Å². The third-order valence-electron chi connectivity index (χ3n) is 3.53. The Morgan fingerprint density at radius 1 is 1.42 bits per heavy atom. The molecule has 0 aromatic heterocycles. The van der Waals surface area contributed by atoms with Gasteiger partial charge in [0.15, 0.2) is 0 Å². The number of halogens is 1. The van der Waals surface area contributed by atoms with E-state index in [1.807, 2.05) is 4.90 Å². The number of piperidine rings is 1.